The third-order valence-corrected chi connectivity index (χ3v) is 5.66. The second-order valence-corrected chi connectivity index (χ2v) is 7.05. The van der Waals surface area contributed by atoms with Gasteiger partial charge in [0.05, 0.1) is 13.2 Å². The van der Waals surface area contributed by atoms with Crippen LogP contribution < -0.4 is 0 Å². The van der Waals surface area contributed by atoms with Gasteiger partial charge >= 0.3 is 0 Å². The molecule has 24 heavy (non-hydrogen) atoms. The lowest BCUT2D eigenvalue weighted by molar-refractivity contribution is 0.00730. The van der Waals surface area contributed by atoms with Crippen molar-refractivity contribution in [1.29, 1.82) is 0 Å². The summed E-state index contributed by atoms with van der Waals surface area (Å²) in [6.07, 6.45) is 5.30. The Bertz CT molecular complexity index is 623. The van der Waals surface area contributed by atoms with Gasteiger partial charge in [-0.25, -0.2) is 0 Å². The maximum atomic E-state index is 5.48. The zero-order valence-electron chi connectivity index (χ0n) is 14.3. The molecule has 1 radical (unpaired) electrons. The van der Waals surface area contributed by atoms with Crippen LogP contribution in [0.1, 0.15) is 37.2 Å². The van der Waals surface area contributed by atoms with E-state index in [2.05, 4.69) is 47.4 Å². The third-order valence-electron chi connectivity index (χ3n) is 5.66. The molecule has 4 rings (SSSR count). The summed E-state index contributed by atoms with van der Waals surface area (Å²) in [5.41, 5.74) is 3.96. The number of morpholine rings is 1. The molecule has 2 fully saturated rings. The van der Waals surface area contributed by atoms with E-state index in [-0.39, 0.29) is 0 Å². The molecule has 0 atom stereocenters. The van der Waals surface area contributed by atoms with Crippen LogP contribution in [-0.2, 0) is 4.74 Å². The molecule has 125 valence electrons. The Morgan fingerprint density at radius 1 is 0.875 bits per heavy atom. The first kappa shape index (κ1) is 15.9. The van der Waals surface area contributed by atoms with Crippen molar-refractivity contribution in [3.63, 3.8) is 0 Å². The Hall–Kier alpha value is -1.64. The maximum Gasteiger partial charge on any atom is 0.0594 e. The topological polar surface area (TPSA) is 12.5 Å². The molecule has 2 aromatic carbocycles. The van der Waals surface area contributed by atoms with Crippen LogP contribution in [0.4, 0.5) is 0 Å². The van der Waals surface area contributed by atoms with Gasteiger partial charge in [0.25, 0.3) is 0 Å². The van der Waals surface area contributed by atoms with Crippen molar-refractivity contribution in [3.05, 3.63) is 60.2 Å². The Kier molecular flexibility index (Phi) is 4.96. The molecule has 0 spiro atoms. The number of nitrogens with zero attached hydrogens (tertiary/aromatic N) is 1. The predicted octanol–water partition coefficient (Wildman–Crippen LogP) is 4.51. The molecule has 2 heteroatoms. The number of rotatable bonds is 3. The minimum atomic E-state index is 0.732. The van der Waals surface area contributed by atoms with E-state index in [9.17, 15) is 0 Å². The van der Waals surface area contributed by atoms with Gasteiger partial charge in [-0.05, 0) is 54.4 Å². The summed E-state index contributed by atoms with van der Waals surface area (Å²) in [5, 5.41) is 0. The highest BCUT2D eigenvalue weighted by atomic mass is 16.5. The quantitative estimate of drug-likeness (QED) is 0.825. The molecule has 1 saturated carbocycles. The van der Waals surface area contributed by atoms with Crippen molar-refractivity contribution in [1.82, 2.24) is 4.90 Å². The molecule has 2 aromatic rings. The molecule has 1 aliphatic carbocycles. The molecule has 0 bridgehead atoms. The molecule has 2 aliphatic rings. The van der Waals surface area contributed by atoms with Crippen molar-refractivity contribution in [2.75, 3.05) is 26.3 Å². The van der Waals surface area contributed by atoms with E-state index >= 15 is 0 Å². The number of ether oxygens (including phenoxy) is 1. The van der Waals surface area contributed by atoms with Crippen molar-refractivity contribution >= 4 is 0 Å². The first-order valence-corrected chi connectivity index (χ1v) is 9.29. The molecule has 1 saturated heterocycles. The SMILES string of the molecule is [c]1ccccc1-c1ccc(C2CCC(N3CCOCC3)CC2)cc1. The zero-order chi connectivity index (χ0) is 16.2. The van der Waals surface area contributed by atoms with E-state index in [0.29, 0.717) is 0 Å². The van der Waals surface area contributed by atoms with Gasteiger partial charge in [-0.1, -0.05) is 48.5 Å². The van der Waals surface area contributed by atoms with Crippen molar-refractivity contribution < 1.29 is 4.74 Å². The van der Waals surface area contributed by atoms with Crippen LogP contribution in [0.25, 0.3) is 11.1 Å². The second kappa shape index (κ2) is 7.50. The van der Waals surface area contributed by atoms with E-state index in [1.54, 1.807) is 0 Å². The largest absolute Gasteiger partial charge is 0.379 e. The minimum absolute atomic E-state index is 0.732. The molecule has 0 N–H and O–H groups in total. The van der Waals surface area contributed by atoms with Gasteiger partial charge in [0.1, 0.15) is 0 Å². The lowest BCUT2D eigenvalue weighted by Crippen LogP contribution is -2.44. The average molecular weight is 320 g/mol. The van der Waals surface area contributed by atoms with Gasteiger partial charge < -0.3 is 4.74 Å². The van der Waals surface area contributed by atoms with Gasteiger partial charge in [0.15, 0.2) is 0 Å². The molecule has 1 aliphatic heterocycles. The first-order chi connectivity index (χ1) is 11.9. The monoisotopic (exact) mass is 320 g/mol. The summed E-state index contributed by atoms with van der Waals surface area (Å²) >= 11 is 0. The summed E-state index contributed by atoms with van der Waals surface area (Å²) in [5.74, 6) is 0.732. The molecular formula is C22H26NO. The van der Waals surface area contributed by atoms with Gasteiger partial charge in [0, 0.05) is 19.1 Å². The molecule has 0 unspecified atom stereocenters. The van der Waals surface area contributed by atoms with E-state index < -0.39 is 0 Å². The summed E-state index contributed by atoms with van der Waals surface area (Å²) in [4.78, 5) is 2.65. The number of benzene rings is 2. The Morgan fingerprint density at radius 3 is 2.29 bits per heavy atom. The van der Waals surface area contributed by atoms with Gasteiger partial charge in [-0.3, -0.25) is 4.90 Å². The maximum absolute atomic E-state index is 5.48. The van der Waals surface area contributed by atoms with Gasteiger partial charge in [0.2, 0.25) is 0 Å². The van der Waals surface area contributed by atoms with Crippen LogP contribution >= 0.6 is 0 Å². The van der Waals surface area contributed by atoms with Crippen molar-refractivity contribution in [2.45, 2.75) is 37.6 Å². The van der Waals surface area contributed by atoms with Gasteiger partial charge in [-0.15, -0.1) is 0 Å². The Balaban J connectivity index is 1.37. The van der Waals surface area contributed by atoms with Crippen molar-refractivity contribution in [2.24, 2.45) is 0 Å². The molecular weight excluding hydrogens is 294 g/mol. The van der Waals surface area contributed by atoms with Crippen LogP contribution in [-0.4, -0.2) is 37.2 Å². The highest BCUT2D eigenvalue weighted by Gasteiger charge is 2.27. The standard InChI is InChI=1S/C22H26NO/c1-2-4-18(5-3-1)19-6-8-20(9-7-19)21-10-12-22(13-11-21)23-14-16-24-17-15-23/h1-4,6-9,21-22H,10-17H2. The van der Waals surface area contributed by atoms with Crippen LogP contribution in [0.5, 0.6) is 0 Å². The van der Waals surface area contributed by atoms with Crippen LogP contribution in [0.15, 0.2) is 48.5 Å². The fourth-order valence-corrected chi connectivity index (χ4v) is 4.22. The molecule has 1 heterocycles. The van der Waals surface area contributed by atoms with Crippen LogP contribution in [0.2, 0.25) is 0 Å². The lowest BCUT2D eigenvalue weighted by atomic mass is 9.81. The Labute approximate surface area is 145 Å². The smallest absolute Gasteiger partial charge is 0.0594 e. The highest BCUT2D eigenvalue weighted by molar-refractivity contribution is 5.62. The van der Waals surface area contributed by atoms with E-state index in [1.807, 2.05) is 12.1 Å². The highest BCUT2D eigenvalue weighted by Crippen LogP contribution is 2.35. The second-order valence-electron chi connectivity index (χ2n) is 7.05. The van der Waals surface area contributed by atoms with Gasteiger partial charge in [-0.2, -0.15) is 0 Å². The number of hydrogen-bond donors (Lipinski definition) is 0. The van der Waals surface area contributed by atoms with E-state index in [1.165, 1.54) is 42.4 Å². The summed E-state index contributed by atoms with van der Waals surface area (Å²) < 4.78 is 5.48. The number of hydrogen-bond acceptors (Lipinski definition) is 2. The summed E-state index contributed by atoms with van der Waals surface area (Å²) in [6.45, 7) is 4.07. The summed E-state index contributed by atoms with van der Waals surface area (Å²) in [7, 11) is 0. The third kappa shape index (κ3) is 3.55. The zero-order valence-corrected chi connectivity index (χ0v) is 14.3. The fourth-order valence-electron chi connectivity index (χ4n) is 4.22. The Morgan fingerprint density at radius 2 is 1.62 bits per heavy atom. The molecule has 0 aromatic heterocycles. The van der Waals surface area contributed by atoms with Crippen molar-refractivity contribution in [3.8, 4) is 11.1 Å². The van der Waals surface area contributed by atoms with Crippen LogP contribution in [0, 0.1) is 6.07 Å². The minimum Gasteiger partial charge on any atom is -0.379 e. The lowest BCUT2D eigenvalue weighted by Gasteiger charge is -2.38. The average Bonchev–Trinajstić information content (AvgIpc) is 2.70. The summed E-state index contributed by atoms with van der Waals surface area (Å²) in [6, 6.07) is 21.5. The predicted molar refractivity (Wildman–Crippen MR) is 98.1 cm³/mol. The first-order valence-electron chi connectivity index (χ1n) is 9.29. The van der Waals surface area contributed by atoms with Crippen LogP contribution in [0.3, 0.4) is 0 Å². The molecule has 0 amide bonds. The fraction of sp³-hybridized carbons (Fsp3) is 0.455. The van der Waals surface area contributed by atoms with E-state index in [0.717, 1.165) is 38.3 Å². The normalized spacial score (nSPS) is 25.5. The van der Waals surface area contributed by atoms with E-state index in [4.69, 9.17) is 4.74 Å². The molecule has 2 nitrogen and oxygen atoms in total.